The highest BCUT2D eigenvalue weighted by Crippen LogP contribution is 2.40. The van der Waals surface area contributed by atoms with Crippen molar-refractivity contribution in [1.29, 1.82) is 0 Å². The first kappa shape index (κ1) is 14.2. The lowest BCUT2D eigenvalue weighted by molar-refractivity contribution is 0.289. The molecule has 1 fully saturated rings. The minimum absolute atomic E-state index is 0.640. The molecule has 1 saturated carbocycles. The van der Waals surface area contributed by atoms with E-state index in [-0.39, 0.29) is 0 Å². The summed E-state index contributed by atoms with van der Waals surface area (Å²) < 4.78 is 1.25. The standard InChI is InChI=1S/C16H19BrN2S/c1-2-13-9-19-16(20-13)10-18-12-7-11(8-12)14-5-3-4-6-15(14)17/h3-6,9,11-12,18H,2,7-8,10H2,1H3. The highest BCUT2D eigenvalue weighted by Gasteiger charge is 2.30. The molecule has 20 heavy (non-hydrogen) atoms. The molecule has 1 aliphatic rings. The summed E-state index contributed by atoms with van der Waals surface area (Å²) in [4.78, 5) is 5.83. The van der Waals surface area contributed by atoms with Gasteiger partial charge < -0.3 is 5.32 Å². The second-order valence-corrected chi connectivity index (χ2v) is 7.40. The fourth-order valence-corrected chi connectivity index (χ4v) is 4.09. The van der Waals surface area contributed by atoms with E-state index in [1.807, 2.05) is 17.5 Å². The molecule has 0 atom stereocenters. The number of benzene rings is 1. The summed E-state index contributed by atoms with van der Waals surface area (Å²) in [5.41, 5.74) is 1.45. The summed E-state index contributed by atoms with van der Waals surface area (Å²) in [7, 11) is 0. The molecule has 1 aromatic heterocycles. The van der Waals surface area contributed by atoms with Crippen molar-refractivity contribution in [3.63, 3.8) is 0 Å². The molecule has 1 heterocycles. The Hall–Kier alpha value is -0.710. The molecule has 0 radical (unpaired) electrons. The predicted molar refractivity (Wildman–Crippen MR) is 88.2 cm³/mol. The molecule has 0 aliphatic heterocycles. The molecule has 0 unspecified atom stereocenters. The van der Waals surface area contributed by atoms with Gasteiger partial charge in [-0.2, -0.15) is 0 Å². The molecule has 2 aromatic rings. The van der Waals surface area contributed by atoms with Gasteiger partial charge in [0.2, 0.25) is 0 Å². The van der Waals surface area contributed by atoms with Crippen LogP contribution < -0.4 is 5.32 Å². The zero-order valence-corrected chi connectivity index (χ0v) is 14.0. The van der Waals surface area contributed by atoms with Gasteiger partial charge in [0.1, 0.15) is 5.01 Å². The lowest BCUT2D eigenvalue weighted by Gasteiger charge is -2.36. The van der Waals surface area contributed by atoms with Crippen LogP contribution in [-0.2, 0) is 13.0 Å². The van der Waals surface area contributed by atoms with Crippen LogP contribution in [0.1, 0.15) is 41.1 Å². The summed E-state index contributed by atoms with van der Waals surface area (Å²) in [6, 6.07) is 9.22. The van der Waals surface area contributed by atoms with Gasteiger partial charge in [0.05, 0.1) is 0 Å². The molecule has 4 heteroatoms. The number of rotatable bonds is 5. The van der Waals surface area contributed by atoms with Crippen molar-refractivity contribution in [2.45, 2.75) is 44.7 Å². The number of hydrogen-bond acceptors (Lipinski definition) is 3. The third-order valence-corrected chi connectivity index (χ3v) is 5.84. The normalized spacial score (nSPS) is 21.7. The topological polar surface area (TPSA) is 24.9 Å². The van der Waals surface area contributed by atoms with E-state index in [4.69, 9.17) is 0 Å². The zero-order valence-electron chi connectivity index (χ0n) is 11.6. The summed E-state index contributed by atoms with van der Waals surface area (Å²) in [5, 5.41) is 4.84. The van der Waals surface area contributed by atoms with Crippen molar-refractivity contribution >= 4 is 27.3 Å². The average molecular weight is 351 g/mol. The zero-order chi connectivity index (χ0) is 13.9. The largest absolute Gasteiger partial charge is 0.308 e. The number of aryl methyl sites for hydroxylation is 1. The molecule has 0 saturated heterocycles. The second-order valence-electron chi connectivity index (χ2n) is 5.34. The first-order chi connectivity index (χ1) is 9.76. The van der Waals surface area contributed by atoms with Gasteiger partial charge in [-0.1, -0.05) is 41.1 Å². The Morgan fingerprint density at radius 2 is 2.15 bits per heavy atom. The maximum Gasteiger partial charge on any atom is 0.107 e. The van der Waals surface area contributed by atoms with Crippen LogP contribution in [0.3, 0.4) is 0 Å². The molecule has 2 nitrogen and oxygen atoms in total. The van der Waals surface area contributed by atoms with E-state index in [9.17, 15) is 0 Å². The molecule has 1 aromatic carbocycles. The van der Waals surface area contributed by atoms with Crippen molar-refractivity contribution in [1.82, 2.24) is 10.3 Å². The number of aromatic nitrogens is 1. The first-order valence-corrected chi connectivity index (χ1v) is 8.78. The fourth-order valence-electron chi connectivity index (χ4n) is 2.67. The van der Waals surface area contributed by atoms with Crippen molar-refractivity contribution in [2.24, 2.45) is 0 Å². The van der Waals surface area contributed by atoms with Gasteiger partial charge in [-0.15, -0.1) is 11.3 Å². The monoisotopic (exact) mass is 350 g/mol. The minimum Gasteiger partial charge on any atom is -0.308 e. The minimum atomic E-state index is 0.640. The molecule has 1 N–H and O–H groups in total. The van der Waals surface area contributed by atoms with Gasteiger partial charge in [0, 0.05) is 28.1 Å². The second kappa shape index (κ2) is 6.37. The van der Waals surface area contributed by atoms with Gasteiger partial charge in [-0.05, 0) is 36.8 Å². The molecular formula is C16H19BrN2S. The Morgan fingerprint density at radius 1 is 1.35 bits per heavy atom. The van der Waals surface area contributed by atoms with Crippen LogP contribution in [0.4, 0.5) is 0 Å². The highest BCUT2D eigenvalue weighted by atomic mass is 79.9. The van der Waals surface area contributed by atoms with Crippen molar-refractivity contribution in [2.75, 3.05) is 0 Å². The van der Waals surface area contributed by atoms with Crippen LogP contribution in [-0.4, -0.2) is 11.0 Å². The van der Waals surface area contributed by atoms with Gasteiger partial charge >= 0.3 is 0 Å². The Morgan fingerprint density at radius 3 is 2.85 bits per heavy atom. The fraction of sp³-hybridized carbons (Fsp3) is 0.438. The first-order valence-electron chi connectivity index (χ1n) is 7.17. The quantitative estimate of drug-likeness (QED) is 0.858. The number of nitrogens with one attached hydrogen (secondary N) is 1. The van der Waals surface area contributed by atoms with Crippen molar-refractivity contribution in [3.05, 3.63) is 50.4 Å². The van der Waals surface area contributed by atoms with E-state index in [1.54, 1.807) is 0 Å². The molecule has 106 valence electrons. The smallest absolute Gasteiger partial charge is 0.107 e. The van der Waals surface area contributed by atoms with Gasteiger partial charge in [0.25, 0.3) is 0 Å². The Labute approximate surface area is 132 Å². The maximum atomic E-state index is 4.46. The number of hydrogen-bond donors (Lipinski definition) is 1. The van der Waals surface area contributed by atoms with Crippen LogP contribution in [0.2, 0.25) is 0 Å². The Kier molecular flexibility index (Phi) is 4.54. The molecular weight excluding hydrogens is 332 g/mol. The molecule has 0 spiro atoms. The molecule has 3 rings (SSSR count). The number of nitrogens with zero attached hydrogens (tertiary/aromatic N) is 1. The van der Waals surface area contributed by atoms with Crippen molar-refractivity contribution < 1.29 is 0 Å². The lowest BCUT2D eigenvalue weighted by Crippen LogP contribution is -2.39. The van der Waals surface area contributed by atoms with Crippen LogP contribution in [0.25, 0.3) is 0 Å². The van der Waals surface area contributed by atoms with Crippen molar-refractivity contribution in [3.8, 4) is 0 Å². The lowest BCUT2D eigenvalue weighted by atomic mass is 9.76. The molecule has 0 amide bonds. The molecule has 1 aliphatic carbocycles. The van der Waals surface area contributed by atoms with Gasteiger partial charge in [-0.3, -0.25) is 0 Å². The third kappa shape index (κ3) is 3.13. The van der Waals surface area contributed by atoms with Crippen LogP contribution in [0.15, 0.2) is 34.9 Å². The Bertz CT molecular complexity index is 575. The maximum absolute atomic E-state index is 4.46. The van der Waals surface area contributed by atoms with E-state index in [2.05, 4.69) is 57.4 Å². The van der Waals surface area contributed by atoms with E-state index in [0.29, 0.717) is 12.0 Å². The summed E-state index contributed by atoms with van der Waals surface area (Å²) >= 11 is 5.48. The van der Waals surface area contributed by atoms with E-state index in [1.165, 1.54) is 32.8 Å². The SMILES string of the molecule is CCc1cnc(CNC2CC(c3ccccc3Br)C2)s1. The molecule has 0 bridgehead atoms. The van der Waals surface area contributed by atoms with Crippen LogP contribution >= 0.6 is 27.3 Å². The summed E-state index contributed by atoms with van der Waals surface area (Å²) in [6.45, 7) is 3.09. The van der Waals surface area contributed by atoms with Gasteiger partial charge in [0.15, 0.2) is 0 Å². The number of thiazole rings is 1. The summed E-state index contributed by atoms with van der Waals surface area (Å²) in [6.07, 6.45) is 5.56. The number of halogens is 1. The van der Waals surface area contributed by atoms with E-state index in [0.717, 1.165) is 13.0 Å². The van der Waals surface area contributed by atoms with E-state index < -0.39 is 0 Å². The average Bonchev–Trinajstić information content (AvgIpc) is 2.87. The van der Waals surface area contributed by atoms with Crippen LogP contribution in [0, 0.1) is 0 Å². The summed E-state index contributed by atoms with van der Waals surface area (Å²) in [5.74, 6) is 0.700. The predicted octanol–water partition coefficient (Wildman–Crippen LogP) is 4.50. The third-order valence-electron chi connectivity index (χ3n) is 3.97. The van der Waals surface area contributed by atoms with E-state index >= 15 is 0 Å². The Balaban J connectivity index is 1.48. The highest BCUT2D eigenvalue weighted by molar-refractivity contribution is 9.10. The van der Waals surface area contributed by atoms with Gasteiger partial charge in [-0.25, -0.2) is 4.98 Å². The van der Waals surface area contributed by atoms with Crippen LogP contribution in [0.5, 0.6) is 0 Å².